The monoisotopic (exact) mass is 288 g/mol. The Kier molecular flexibility index (Phi) is 5.83. The molecule has 0 spiro atoms. The minimum atomic E-state index is 0.504. The molecule has 1 saturated heterocycles. The Hall–Kier alpha value is -0.860. The molecule has 21 heavy (non-hydrogen) atoms. The summed E-state index contributed by atoms with van der Waals surface area (Å²) in [5, 5.41) is 3.78. The highest BCUT2D eigenvalue weighted by molar-refractivity contribution is 5.28. The van der Waals surface area contributed by atoms with Gasteiger partial charge in [-0.1, -0.05) is 51.5 Å². The van der Waals surface area contributed by atoms with Crippen LogP contribution in [0.25, 0.3) is 0 Å². The molecule has 1 aliphatic rings. The number of benzene rings is 1. The molecule has 1 aromatic rings. The number of nitrogens with one attached hydrogen (secondary N) is 1. The van der Waals surface area contributed by atoms with Crippen LogP contribution >= 0.6 is 0 Å². The summed E-state index contributed by atoms with van der Waals surface area (Å²) >= 11 is 0. The smallest absolute Gasteiger partial charge is 0.0326 e. The van der Waals surface area contributed by atoms with Gasteiger partial charge in [-0.2, -0.15) is 0 Å². The normalized spacial score (nSPS) is 26.5. The van der Waals surface area contributed by atoms with Crippen molar-refractivity contribution in [1.29, 1.82) is 0 Å². The fraction of sp³-hybridized carbons (Fsp3) is 0.684. The Morgan fingerprint density at radius 1 is 1.24 bits per heavy atom. The summed E-state index contributed by atoms with van der Waals surface area (Å²) in [6, 6.07) is 10.6. The molecule has 2 nitrogen and oxygen atoms in total. The first-order valence-corrected chi connectivity index (χ1v) is 8.63. The molecule has 1 aliphatic heterocycles. The largest absolute Gasteiger partial charge is 0.311 e. The molecule has 0 aromatic heterocycles. The SMILES string of the molecule is CCC(C)C1CN(C(C)c2ccccc2C)C(CC)CN1. The van der Waals surface area contributed by atoms with E-state index in [1.54, 1.807) is 0 Å². The van der Waals surface area contributed by atoms with Crippen LogP contribution in [0, 0.1) is 12.8 Å². The van der Waals surface area contributed by atoms with Crippen LogP contribution in [0.3, 0.4) is 0 Å². The summed E-state index contributed by atoms with van der Waals surface area (Å²) in [6.07, 6.45) is 2.47. The number of nitrogens with zero attached hydrogens (tertiary/aromatic N) is 1. The Morgan fingerprint density at radius 3 is 2.57 bits per heavy atom. The van der Waals surface area contributed by atoms with E-state index in [9.17, 15) is 0 Å². The van der Waals surface area contributed by atoms with Crippen molar-refractivity contribution < 1.29 is 0 Å². The quantitative estimate of drug-likeness (QED) is 0.875. The van der Waals surface area contributed by atoms with Gasteiger partial charge in [0.25, 0.3) is 0 Å². The minimum Gasteiger partial charge on any atom is -0.311 e. The third-order valence-corrected chi connectivity index (χ3v) is 5.43. The molecule has 2 heteroatoms. The van der Waals surface area contributed by atoms with E-state index in [2.05, 4.69) is 69.1 Å². The lowest BCUT2D eigenvalue weighted by Gasteiger charge is -2.45. The van der Waals surface area contributed by atoms with E-state index in [1.807, 2.05) is 0 Å². The fourth-order valence-electron chi connectivity index (χ4n) is 3.60. The van der Waals surface area contributed by atoms with Crippen LogP contribution < -0.4 is 5.32 Å². The van der Waals surface area contributed by atoms with Gasteiger partial charge in [-0.25, -0.2) is 0 Å². The summed E-state index contributed by atoms with van der Waals surface area (Å²) in [5.74, 6) is 0.745. The first-order valence-electron chi connectivity index (χ1n) is 8.63. The summed E-state index contributed by atoms with van der Waals surface area (Å²) in [6.45, 7) is 13.9. The number of hydrogen-bond donors (Lipinski definition) is 1. The van der Waals surface area contributed by atoms with Gasteiger partial charge in [0.15, 0.2) is 0 Å². The van der Waals surface area contributed by atoms with Crippen molar-refractivity contribution in [3.63, 3.8) is 0 Å². The average molecular weight is 288 g/mol. The molecule has 2 rings (SSSR count). The Labute approximate surface area is 130 Å². The van der Waals surface area contributed by atoms with Crippen LogP contribution in [-0.2, 0) is 0 Å². The third kappa shape index (κ3) is 3.67. The molecule has 1 aromatic carbocycles. The molecule has 1 N–H and O–H groups in total. The third-order valence-electron chi connectivity index (χ3n) is 5.43. The van der Waals surface area contributed by atoms with Gasteiger partial charge in [-0.15, -0.1) is 0 Å². The van der Waals surface area contributed by atoms with E-state index in [-0.39, 0.29) is 0 Å². The first-order chi connectivity index (χ1) is 10.1. The van der Waals surface area contributed by atoms with E-state index in [1.165, 1.54) is 30.5 Å². The summed E-state index contributed by atoms with van der Waals surface area (Å²) in [4.78, 5) is 2.73. The molecule has 0 saturated carbocycles. The fourth-order valence-corrected chi connectivity index (χ4v) is 3.60. The van der Waals surface area contributed by atoms with Crippen LogP contribution in [0.15, 0.2) is 24.3 Å². The highest BCUT2D eigenvalue weighted by Crippen LogP contribution is 2.29. The molecule has 0 radical (unpaired) electrons. The van der Waals surface area contributed by atoms with Crippen LogP contribution in [-0.4, -0.2) is 30.1 Å². The van der Waals surface area contributed by atoms with Crippen molar-refractivity contribution in [3.05, 3.63) is 35.4 Å². The predicted molar refractivity (Wildman–Crippen MR) is 91.6 cm³/mol. The maximum Gasteiger partial charge on any atom is 0.0326 e. The molecule has 1 fully saturated rings. The zero-order valence-corrected chi connectivity index (χ0v) is 14.4. The lowest BCUT2D eigenvalue weighted by molar-refractivity contribution is 0.0704. The molecule has 118 valence electrons. The van der Waals surface area contributed by atoms with Crippen LogP contribution in [0.2, 0.25) is 0 Å². The van der Waals surface area contributed by atoms with Crippen molar-refractivity contribution in [3.8, 4) is 0 Å². The van der Waals surface area contributed by atoms with E-state index in [0.29, 0.717) is 18.1 Å². The van der Waals surface area contributed by atoms with Crippen molar-refractivity contribution >= 4 is 0 Å². The minimum absolute atomic E-state index is 0.504. The number of piperazine rings is 1. The second-order valence-corrected chi connectivity index (χ2v) is 6.69. The van der Waals surface area contributed by atoms with E-state index in [0.717, 1.165) is 12.5 Å². The Morgan fingerprint density at radius 2 is 1.95 bits per heavy atom. The molecular formula is C19H32N2. The zero-order chi connectivity index (χ0) is 15.4. The highest BCUT2D eigenvalue weighted by Gasteiger charge is 2.32. The number of hydrogen-bond acceptors (Lipinski definition) is 2. The molecular weight excluding hydrogens is 256 g/mol. The van der Waals surface area contributed by atoms with Crippen molar-refractivity contribution in [2.24, 2.45) is 5.92 Å². The lowest BCUT2D eigenvalue weighted by Crippen LogP contribution is -2.58. The molecule has 4 atom stereocenters. The summed E-state index contributed by atoms with van der Waals surface area (Å²) in [7, 11) is 0. The van der Waals surface area contributed by atoms with Gasteiger partial charge in [0.2, 0.25) is 0 Å². The van der Waals surface area contributed by atoms with E-state index < -0.39 is 0 Å². The van der Waals surface area contributed by atoms with Gasteiger partial charge < -0.3 is 5.32 Å². The van der Waals surface area contributed by atoms with Crippen molar-refractivity contribution in [2.45, 2.75) is 65.6 Å². The highest BCUT2D eigenvalue weighted by atomic mass is 15.3. The second-order valence-electron chi connectivity index (χ2n) is 6.69. The van der Waals surface area contributed by atoms with Gasteiger partial charge in [0, 0.05) is 31.2 Å². The van der Waals surface area contributed by atoms with Gasteiger partial charge in [-0.05, 0) is 37.3 Å². The van der Waals surface area contributed by atoms with Gasteiger partial charge in [0.05, 0.1) is 0 Å². The van der Waals surface area contributed by atoms with Gasteiger partial charge in [0.1, 0.15) is 0 Å². The standard InChI is InChI=1S/C19H32N2/c1-6-14(3)19-13-21(17(7-2)12-20-19)16(5)18-11-9-8-10-15(18)4/h8-11,14,16-17,19-20H,6-7,12-13H2,1-5H3. The van der Waals surface area contributed by atoms with Gasteiger partial charge >= 0.3 is 0 Å². The molecule has 0 amide bonds. The van der Waals surface area contributed by atoms with Crippen molar-refractivity contribution in [2.75, 3.05) is 13.1 Å². The number of aryl methyl sites for hydroxylation is 1. The predicted octanol–water partition coefficient (Wildman–Crippen LogP) is 4.15. The topological polar surface area (TPSA) is 15.3 Å². The van der Waals surface area contributed by atoms with Gasteiger partial charge in [-0.3, -0.25) is 4.90 Å². The maximum atomic E-state index is 3.78. The summed E-state index contributed by atoms with van der Waals surface area (Å²) in [5.41, 5.74) is 2.90. The number of rotatable bonds is 5. The summed E-state index contributed by atoms with van der Waals surface area (Å²) < 4.78 is 0. The first kappa shape index (κ1) is 16.5. The van der Waals surface area contributed by atoms with E-state index >= 15 is 0 Å². The Balaban J connectivity index is 2.18. The lowest BCUT2D eigenvalue weighted by atomic mass is 9.92. The van der Waals surface area contributed by atoms with Crippen LogP contribution in [0.5, 0.6) is 0 Å². The molecule has 0 bridgehead atoms. The Bertz CT molecular complexity index is 443. The average Bonchev–Trinajstić information content (AvgIpc) is 2.53. The maximum absolute atomic E-state index is 3.78. The molecule has 0 aliphatic carbocycles. The molecule has 4 unspecified atom stereocenters. The molecule has 1 heterocycles. The second kappa shape index (κ2) is 7.42. The zero-order valence-electron chi connectivity index (χ0n) is 14.4. The van der Waals surface area contributed by atoms with Crippen molar-refractivity contribution in [1.82, 2.24) is 10.2 Å². The van der Waals surface area contributed by atoms with E-state index in [4.69, 9.17) is 0 Å². The van der Waals surface area contributed by atoms with Crippen LogP contribution in [0.4, 0.5) is 0 Å². The van der Waals surface area contributed by atoms with Crippen LogP contribution in [0.1, 0.15) is 57.7 Å².